The highest BCUT2D eigenvalue weighted by Crippen LogP contribution is 2.38. The molecule has 0 saturated carbocycles. The monoisotopic (exact) mass is 738 g/mol. The number of alkyl halides is 1. The van der Waals surface area contributed by atoms with Crippen LogP contribution >= 0.6 is 0 Å². The van der Waals surface area contributed by atoms with Crippen LogP contribution in [0.3, 0.4) is 0 Å². The van der Waals surface area contributed by atoms with Crippen molar-refractivity contribution in [3.8, 4) is 23.0 Å². The smallest absolute Gasteiger partial charge is 0.410 e. The second-order valence-electron chi connectivity index (χ2n) is 15.1. The zero-order valence-corrected chi connectivity index (χ0v) is 31.4. The molecule has 7 rings (SSSR count). The zero-order valence-electron chi connectivity index (χ0n) is 31.4. The molecule has 12 heteroatoms. The molecule has 10 nitrogen and oxygen atoms in total. The Labute approximate surface area is 315 Å². The first-order chi connectivity index (χ1) is 26.0. The van der Waals surface area contributed by atoms with Gasteiger partial charge in [-0.3, -0.25) is 9.58 Å². The van der Waals surface area contributed by atoms with E-state index in [4.69, 9.17) is 24.3 Å². The maximum Gasteiger partial charge on any atom is 0.410 e. The predicted molar refractivity (Wildman–Crippen MR) is 205 cm³/mol. The minimum absolute atomic E-state index is 0.0420. The van der Waals surface area contributed by atoms with Crippen LogP contribution in [0.1, 0.15) is 38.3 Å². The number of aromatic nitrogens is 3. The fraction of sp³-hybridized carbons (Fsp3) is 0.405. The van der Waals surface area contributed by atoms with Crippen molar-refractivity contribution in [2.45, 2.75) is 52.2 Å². The largest absolute Gasteiger partial charge is 0.473 e. The Balaban J connectivity index is 1.04. The van der Waals surface area contributed by atoms with Crippen LogP contribution in [0.5, 0.6) is 11.8 Å². The number of piperidine rings is 1. The Morgan fingerprint density at radius 1 is 0.852 bits per heavy atom. The number of piperazine rings is 1. The average Bonchev–Trinajstić information content (AvgIpc) is 3.51. The van der Waals surface area contributed by atoms with Crippen molar-refractivity contribution in [1.29, 1.82) is 0 Å². The fourth-order valence-corrected chi connectivity index (χ4v) is 7.16. The standard InChI is InChI=1S/C42H48F2N6O4/c1-42(2,3)54-41(51)50-20-19-31(34(43)26-50)25-48-21-23-49(24-22-48)35-17-15-32-38(46-47(4)39(32)37(35)44)33-16-18-36(52-27-29-11-7-5-8-12-29)45-40(33)53-28-30-13-9-6-10-14-30/h5-18,31,34H,19-28H2,1-4H3/t31-,34-/m1/s1. The summed E-state index contributed by atoms with van der Waals surface area (Å²) in [5.41, 5.74) is 3.47. The Bertz CT molecular complexity index is 2050. The molecule has 5 aromatic rings. The summed E-state index contributed by atoms with van der Waals surface area (Å²) in [6.07, 6.45) is -1.01. The first-order valence-corrected chi connectivity index (χ1v) is 18.6. The van der Waals surface area contributed by atoms with Crippen LogP contribution in [-0.4, -0.2) is 88.2 Å². The van der Waals surface area contributed by atoms with E-state index in [-0.39, 0.29) is 24.9 Å². The van der Waals surface area contributed by atoms with Crippen LogP contribution in [-0.2, 0) is 25.0 Å². The third-order valence-electron chi connectivity index (χ3n) is 10.00. The first kappa shape index (κ1) is 37.1. The van der Waals surface area contributed by atoms with Crippen molar-refractivity contribution in [1.82, 2.24) is 24.6 Å². The minimum atomic E-state index is -1.12. The van der Waals surface area contributed by atoms with E-state index in [9.17, 15) is 4.79 Å². The number of amides is 1. The number of carbonyl (C=O) groups excluding carboxylic acids is 1. The van der Waals surface area contributed by atoms with Gasteiger partial charge in [0.1, 0.15) is 36.2 Å². The van der Waals surface area contributed by atoms with Crippen LogP contribution in [0, 0.1) is 11.7 Å². The Morgan fingerprint density at radius 2 is 1.52 bits per heavy atom. The zero-order chi connectivity index (χ0) is 37.8. The molecule has 2 saturated heterocycles. The molecule has 0 spiro atoms. The Hall–Kier alpha value is -5.23. The number of anilines is 1. The second kappa shape index (κ2) is 16.0. The van der Waals surface area contributed by atoms with Crippen molar-refractivity contribution in [3.05, 3.63) is 102 Å². The topological polar surface area (TPSA) is 85.2 Å². The van der Waals surface area contributed by atoms with Gasteiger partial charge in [-0.15, -0.1) is 0 Å². The van der Waals surface area contributed by atoms with Gasteiger partial charge in [0.25, 0.3) is 0 Å². The number of likely N-dealkylation sites (tertiary alicyclic amines) is 1. The van der Waals surface area contributed by atoms with E-state index in [1.54, 1.807) is 17.8 Å². The SMILES string of the molecule is Cn1nc(-c2ccc(OCc3ccccc3)nc2OCc2ccccc2)c2ccc(N3CCN(C[C@H]4CCN(C(=O)OC(C)(C)C)C[C@H]4F)CC3)c(F)c21. The van der Waals surface area contributed by atoms with E-state index >= 15 is 8.78 Å². The Kier molecular flexibility index (Phi) is 11.0. The Morgan fingerprint density at radius 3 is 2.17 bits per heavy atom. The van der Waals surface area contributed by atoms with Gasteiger partial charge in [0.15, 0.2) is 5.82 Å². The van der Waals surface area contributed by atoms with Gasteiger partial charge >= 0.3 is 6.09 Å². The normalized spacial score (nSPS) is 18.2. The second-order valence-corrected chi connectivity index (χ2v) is 15.1. The molecule has 0 radical (unpaired) electrons. The average molecular weight is 739 g/mol. The summed E-state index contributed by atoms with van der Waals surface area (Å²) >= 11 is 0. The molecule has 0 unspecified atom stereocenters. The number of ether oxygens (including phenoxy) is 3. The molecule has 0 bridgehead atoms. The predicted octanol–water partition coefficient (Wildman–Crippen LogP) is 7.65. The molecular weight excluding hydrogens is 690 g/mol. The summed E-state index contributed by atoms with van der Waals surface area (Å²) in [5, 5.41) is 5.43. The summed E-state index contributed by atoms with van der Waals surface area (Å²) < 4.78 is 51.1. The molecule has 2 aromatic heterocycles. The number of fused-ring (bicyclic) bond motifs is 1. The number of hydrogen-bond acceptors (Lipinski definition) is 8. The summed E-state index contributed by atoms with van der Waals surface area (Å²) in [6.45, 7) is 9.75. The van der Waals surface area contributed by atoms with E-state index in [0.29, 0.717) is 91.9 Å². The molecule has 2 atom stereocenters. The lowest BCUT2D eigenvalue weighted by atomic mass is 9.94. The summed E-state index contributed by atoms with van der Waals surface area (Å²) in [4.78, 5) is 23.0. The molecule has 0 N–H and O–H groups in total. The highest BCUT2D eigenvalue weighted by Gasteiger charge is 2.35. The lowest BCUT2D eigenvalue weighted by molar-refractivity contribution is 0.00144. The number of hydrogen-bond donors (Lipinski definition) is 0. The number of nitrogens with zero attached hydrogens (tertiary/aromatic N) is 6. The minimum Gasteiger partial charge on any atom is -0.473 e. The molecule has 4 heterocycles. The fourth-order valence-electron chi connectivity index (χ4n) is 7.16. The van der Waals surface area contributed by atoms with Crippen molar-refractivity contribution >= 4 is 22.7 Å². The van der Waals surface area contributed by atoms with Crippen LogP contribution in [0.4, 0.5) is 19.3 Å². The molecule has 2 aliphatic rings. The van der Waals surface area contributed by atoms with Gasteiger partial charge in [0, 0.05) is 63.7 Å². The molecule has 2 fully saturated rings. The van der Waals surface area contributed by atoms with Crippen LogP contribution < -0.4 is 14.4 Å². The molecule has 54 heavy (non-hydrogen) atoms. The van der Waals surface area contributed by atoms with E-state index < -0.39 is 17.9 Å². The molecule has 3 aromatic carbocycles. The van der Waals surface area contributed by atoms with Gasteiger partial charge in [0.2, 0.25) is 11.8 Å². The maximum atomic E-state index is 16.5. The number of benzene rings is 3. The lowest BCUT2D eigenvalue weighted by Gasteiger charge is -2.41. The van der Waals surface area contributed by atoms with Crippen molar-refractivity contribution in [2.24, 2.45) is 13.0 Å². The van der Waals surface area contributed by atoms with Gasteiger partial charge in [0.05, 0.1) is 17.8 Å². The summed E-state index contributed by atoms with van der Waals surface area (Å²) in [5.74, 6) is 0.239. The molecule has 2 aliphatic heterocycles. The number of halogens is 2. The van der Waals surface area contributed by atoms with E-state index in [2.05, 4.69) is 4.90 Å². The van der Waals surface area contributed by atoms with Gasteiger partial charge < -0.3 is 24.0 Å². The van der Waals surface area contributed by atoms with Gasteiger partial charge in [-0.2, -0.15) is 10.1 Å². The number of rotatable bonds is 10. The highest BCUT2D eigenvalue weighted by atomic mass is 19.1. The van der Waals surface area contributed by atoms with Gasteiger partial charge in [-0.05, 0) is 56.5 Å². The quantitative estimate of drug-likeness (QED) is 0.145. The third kappa shape index (κ3) is 8.59. The van der Waals surface area contributed by atoms with Crippen LogP contribution in [0.15, 0.2) is 84.9 Å². The van der Waals surface area contributed by atoms with Crippen LogP contribution in [0.2, 0.25) is 0 Å². The first-order valence-electron chi connectivity index (χ1n) is 18.6. The molecule has 284 valence electrons. The van der Waals surface area contributed by atoms with Crippen LogP contribution in [0.25, 0.3) is 22.2 Å². The lowest BCUT2D eigenvalue weighted by Crippen LogP contribution is -2.52. The summed E-state index contributed by atoms with van der Waals surface area (Å²) in [6, 6.07) is 27.1. The van der Waals surface area contributed by atoms with Crippen molar-refractivity contribution < 1.29 is 27.8 Å². The highest BCUT2D eigenvalue weighted by molar-refractivity contribution is 5.96. The van der Waals surface area contributed by atoms with E-state index in [0.717, 1.165) is 11.1 Å². The molecular formula is C42H48F2N6O4. The summed E-state index contributed by atoms with van der Waals surface area (Å²) in [7, 11) is 1.74. The number of aryl methyl sites for hydroxylation is 1. The van der Waals surface area contributed by atoms with Crippen molar-refractivity contribution in [3.63, 3.8) is 0 Å². The van der Waals surface area contributed by atoms with Gasteiger partial charge in [-0.1, -0.05) is 60.7 Å². The van der Waals surface area contributed by atoms with Gasteiger partial charge in [-0.25, -0.2) is 13.6 Å². The number of carbonyl (C=O) groups is 1. The van der Waals surface area contributed by atoms with E-state index in [1.807, 2.05) is 105 Å². The molecule has 1 amide bonds. The van der Waals surface area contributed by atoms with E-state index in [1.165, 1.54) is 4.90 Å². The van der Waals surface area contributed by atoms with Crippen molar-refractivity contribution in [2.75, 3.05) is 50.7 Å². The number of pyridine rings is 1. The third-order valence-corrected chi connectivity index (χ3v) is 10.00. The maximum absolute atomic E-state index is 16.5. The molecule has 0 aliphatic carbocycles.